The fourth-order valence-corrected chi connectivity index (χ4v) is 5.11. The predicted octanol–water partition coefficient (Wildman–Crippen LogP) is 3.00. The van der Waals surface area contributed by atoms with Crippen molar-refractivity contribution in [1.29, 1.82) is 5.26 Å². The molecule has 1 amide bonds. The first-order valence-electron chi connectivity index (χ1n) is 6.44. The molecule has 0 saturated carbocycles. The van der Waals surface area contributed by atoms with E-state index in [1.165, 1.54) is 39.3 Å². The van der Waals surface area contributed by atoms with Crippen molar-refractivity contribution in [3.8, 4) is 6.07 Å². The Morgan fingerprint density at radius 2 is 2.29 bits per heavy atom. The van der Waals surface area contributed by atoms with Crippen LogP contribution in [0.4, 0.5) is 5.00 Å². The summed E-state index contributed by atoms with van der Waals surface area (Å²) in [5.74, 6) is 0.173. The number of thiophene rings is 1. The van der Waals surface area contributed by atoms with E-state index in [-0.39, 0.29) is 11.7 Å². The Morgan fingerprint density at radius 1 is 1.43 bits per heavy atom. The first-order chi connectivity index (χ1) is 10.2. The van der Waals surface area contributed by atoms with Crippen molar-refractivity contribution in [1.82, 2.24) is 10.2 Å². The van der Waals surface area contributed by atoms with Crippen molar-refractivity contribution in [2.24, 2.45) is 0 Å². The molecule has 5 nitrogen and oxygen atoms in total. The summed E-state index contributed by atoms with van der Waals surface area (Å²) in [5.41, 5.74) is 1.78. The number of anilines is 1. The Morgan fingerprint density at radius 3 is 3.00 bits per heavy atom. The normalized spacial score (nSPS) is 13.0. The van der Waals surface area contributed by atoms with Crippen LogP contribution in [0, 0.1) is 18.3 Å². The fraction of sp³-hybridized carbons (Fsp3) is 0.385. The van der Waals surface area contributed by atoms with Crippen LogP contribution in [0.1, 0.15) is 27.4 Å². The van der Waals surface area contributed by atoms with E-state index in [0.29, 0.717) is 10.6 Å². The van der Waals surface area contributed by atoms with Gasteiger partial charge in [0.05, 0.1) is 11.3 Å². The Kier molecular flexibility index (Phi) is 4.24. The molecule has 1 aliphatic rings. The van der Waals surface area contributed by atoms with Crippen molar-refractivity contribution < 1.29 is 4.79 Å². The quantitative estimate of drug-likeness (QED) is 0.868. The van der Waals surface area contributed by atoms with Gasteiger partial charge in [-0.05, 0) is 31.7 Å². The molecule has 0 aromatic carbocycles. The van der Waals surface area contributed by atoms with Crippen molar-refractivity contribution in [3.63, 3.8) is 0 Å². The highest BCUT2D eigenvalue weighted by molar-refractivity contribution is 8.01. The van der Waals surface area contributed by atoms with Crippen LogP contribution in [0.2, 0.25) is 0 Å². The maximum Gasteiger partial charge on any atom is 0.235 e. The number of nitrogens with one attached hydrogen (secondary N) is 1. The molecule has 0 fully saturated rings. The molecule has 2 aromatic heterocycles. The van der Waals surface area contributed by atoms with Gasteiger partial charge in [0, 0.05) is 4.88 Å². The zero-order valence-electron chi connectivity index (χ0n) is 11.3. The maximum absolute atomic E-state index is 12.0. The number of thioether (sulfide) groups is 1. The third-order valence-electron chi connectivity index (χ3n) is 3.12. The van der Waals surface area contributed by atoms with Crippen LogP contribution in [0.15, 0.2) is 4.34 Å². The maximum atomic E-state index is 12.0. The van der Waals surface area contributed by atoms with E-state index in [9.17, 15) is 10.1 Å². The van der Waals surface area contributed by atoms with Gasteiger partial charge in [-0.25, -0.2) is 0 Å². The van der Waals surface area contributed by atoms with E-state index < -0.39 is 0 Å². The van der Waals surface area contributed by atoms with Crippen LogP contribution in [0.5, 0.6) is 0 Å². The van der Waals surface area contributed by atoms with Crippen LogP contribution in [0.25, 0.3) is 0 Å². The molecule has 21 heavy (non-hydrogen) atoms. The molecule has 8 heteroatoms. The first-order valence-corrected chi connectivity index (χ1v) is 9.06. The van der Waals surface area contributed by atoms with Gasteiger partial charge in [0.2, 0.25) is 5.91 Å². The van der Waals surface area contributed by atoms with Crippen molar-refractivity contribution in [2.45, 2.75) is 30.5 Å². The lowest BCUT2D eigenvalue weighted by Crippen LogP contribution is -2.13. The van der Waals surface area contributed by atoms with Gasteiger partial charge in [0.1, 0.15) is 16.1 Å². The number of fused-ring (bicyclic) bond motifs is 1. The van der Waals surface area contributed by atoms with Crippen molar-refractivity contribution >= 4 is 45.3 Å². The Bertz CT molecular complexity index is 728. The zero-order valence-corrected chi connectivity index (χ0v) is 13.8. The van der Waals surface area contributed by atoms with Gasteiger partial charge in [-0.2, -0.15) is 5.26 Å². The molecule has 0 bridgehead atoms. The van der Waals surface area contributed by atoms with Crippen molar-refractivity contribution in [3.05, 3.63) is 21.0 Å². The topological polar surface area (TPSA) is 78.7 Å². The van der Waals surface area contributed by atoms with Crippen LogP contribution >= 0.6 is 34.4 Å². The van der Waals surface area contributed by atoms with Crippen LogP contribution < -0.4 is 5.32 Å². The predicted molar refractivity (Wildman–Crippen MR) is 85.1 cm³/mol. The van der Waals surface area contributed by atoms with E-state index >= 15 is 0 Å². The number of aromatic nitrogens is 2. The number of rotatable bonds is 4. The number of carbonyl (C=O) groups excluding carboxylic acids is 1. The first kappa shape index (κ1) is 14.5. The van der Waals surface area contributed by atoms with Gasteiger partial charge < -0.3 is 5.32 Å². The molecule has 1 N–H and O–H groups in total. The summed E-state index contributed by atoms with van der Waals surface area (Å²) in [4.78, 5) is 13.3. The second kappa shape index (κ2) is 6.13. The molecular weight excluding hydrogens is 324 g/mol. The van der Waals surface area contributed by atoms with Gasteiger partial charge in [0.25, 0.3) is 0 Å². The number of amides is 1. The highest BCUT2D eigenvalue weighted by atomic mass is 32.2. The summed E-state index contributed by atoms with van der Waals surface area (Å²) in [6, 6.07) is 2.23. The van der Waals surface area contributed by atoms with Gasteiger partial charge in [-0.3, -0.25) is 4.79 Å². The summed E-state index contributed by atoms with van der Waals surface area (Å²) in [7, 11) is 0. The summed E-state index contributed by atoms with van der Waals surface area (Å²) in [6.07, 6.45) is 3.07. The number of nitrogens with zero attached hydrogens (tertiary/aromatic N) is 3. The number of aryl methyl sites for hydroxylation is 2. The fourth-order valence-electron chi connectivity index (χ4n) is 2.24. The lowest BCUT2D eigenvalue weighted by atomic mass is 10.1. The van der Waals surface area contributed by atoms with E-state index in [1.807, 2.05) is 6.92 Å². The monoisotopic (exact) mass is 336 g/mol. The average Bonchev–Trinajstić information content (AvgIpc) is 3.12. The molecule has 0 unspecified atom stereocenters. The van der Waals surface area contributed by atoms with Crippen LogP contribution in [-0.2, 0) is 17.6 Å². The molecule has 2 heterocycles. The van der Waals surface area contributed by atoms with E-state index in [1.54, 1.807) is 0 Å². The highest BCUT2D eigenvalue weighted by Gasteiger charge is 2.23. The number of hydrogen-bond donors (Lipinski definition) is 1. The lowest BCUT2D eigenvalue weighted by Gasteiger charge is -2.02. The van der Waals surface area contributed by atoms with Gasteiger partial charge >= 0.3 is 0 Å². The Hall–Kier alpha value is -1.43. The van der Waals surface area contributed by atoms with E-state index in [2.05, 4.69) is 21.6 Å². The molecule has 2 aromatic rings. The number of hydrogen-bond acceptors (Lipinski definition) is 7. The molecular formula is C13H12N4OS3. The van der Waals surface area contributed by atoms with Gasteiger partial charge in [-0.1, -0.05) is 23.1 Å². The molecule has 3 rings (SSSR count). The van der Waals surface area contributed by atoms with Crippen LogP contribution in [-0.4, -0.2) is 21.9 Å². The minimum Gasteiger partial charge on any atom is -0.316 e. The minimum absolute atomic E-state index is 0.107. The van der Waals surface area contributed by atoms with Crippen molar-refractivity contribution in [2.75, 3.05) is 11.1 Å². The van der Waals surface area contributed by atoms with E-state index in [0.717, 1.165) is 34.2 Å². The Balaban J connectivity index is 1.64. The highest BCUT2D eigenvalue weighted by Crippen LogP contribution is 2.38. The third kappa shape index (κ3) is 3.10. The SMILES string of the molecule is Cc1nnc(SCC(=O)Nc2sc3c(c2C#N)CCC3)s1. The van der Waals surface area contributed by atoms with Gasteiger partial charge in [0.15, 0.2) is 4.34 Å². The molecule has 0 radical (unpaired) electrons. The summed E-state index contributed by atoms with van der Waals surface area (Å²) >= 11 is 4.38. The van der Waals surface area contributed by atoms with Crippen LogP contribution in [0.3, 0.4) is 0 Å². The zero-order chi connectivity index (χ0) is 14.8. The van der Waals surface area contributed by atoms with E-state index in [4.69, 9.17) is 0 Å². The second-order valence-electron chi connectivity index (χ2n) is 4.60. The number of nitriles is 1. The largest absolute Gasteiger partial charge is 0.316 e. The lowest BCUT2D eigenvalue weighted by molar-refractivity contribution is -0.113. The molecule has 0 saturated heterocycles. The third-order valence-corrected chi connectivity index (χ3v) is 6.30. The molecule has 0 atom stereocenters. The standard InChI is InChI=1S/C13H12N4OS3/c1-7-16-17-13(20-7)19-6-11(18)15-12-9(5-14)8-3-2-4-10(8)21-12/h2-4,6H2,1H3,(H,15,18). The summed E-state index contributed by atoms with van der Waals surface area (Å²) in [5, 5.41) is 21.6. The molecule has 108 valence electrons. The minimum atomic E-state index is -0.107. The molecule has 1 aliphatic carbocycles. The molecule has 0 spiro atoms. The Labute approximate surface area is 134 Å². The van der Waals surface area contributed by atoms with Gasteiger partial charge in [-0.15, -0.1) is 21.5 Å². The summed E-state index contributed by atoms with van der Waals surface area (Å²) < 4.78 is 0.789. The smallest absolute Gasteiger partial charge is 0.235 e. The summed E-state index contributed by atoms with van der Waals surface area (Å²) in [6.45, 7) is 1.88. The molecule has 0 aliphatic heterocycles. The number of carbonyl (C=O) groups is 1. The second-order valence-corrected chi connectivity index (χ2v) is 8.11. The average molecular weight is 336 g/mol.